The molecule has 0 aliphatic rings. The maximum Gasteiger partial charge on any atom is 0.271 e. The van der Waals surface area contributed by atoms with Crippen molar-refractivity contribution in [2.75, 3.05) is 0 Å². The van der Waals surface area contributed by atoms with Gasteiger partial charge in [0.1, 0.15) is 5.76 Å². The molecule has 6 heteroatoms. The standard InChI is InChI=1S/C22H15ClN2O2S/c23-16-8-11-18(12-9-16)28-21-13-10-17(27-21)14-24-25-22(26)20-7-3-5-15-4-1-2-6-19(15)20/h1-14H,(H,25,26)/b24-14-. The molecule has 4 rings (SSSR count). The zero-order chi connectivity index (χ0) is 19.3. The lowest BCUT2D eigenvalue weighted by molar-refractivity contribution is 0.0957. The van der Waals surface area contributed by atoms with Gasteiger partial charge in [-0.15, -0.1) is 0 Å². The van der Waals surface area contributed by atoms with E-state index in [1.165, 1.54) is 18.0 Å². The summed E-state index contributed by atoms with van der Waals surface area (Å²) in [5, 5.41) is 7.33. The van der Waals surface area contributed by atoms with Crippen LogP contribution in [0.25, 0.3) is 10.8 Å². The second kappa shape index (κ2) is 8.33. The van der Waals surface area contributed by atoms with Crippen LogP contribution in [-0.2, 0) is 0 Å². The van der Waals surface area contributed by atoms with Crippen LogP contribution in [0.5, 0.6) is 0 Å². The van der Waals surface area contributed by atoms with E-state index in [2.05, 4.69) is 10.5 Å². The lowest BCUT2D eigenvalue weighted by Crippen LogP contribution is -2.17. The summed E-state index contributed by atoms with van der Waals surface area (Å²) in [4.78, 5) is 13.5. The lowest BCUT2D eigenvalue weighted by atomic mass is 10.0. The smallest absolute Gasteiger partial charge is 0.271 e. The van der Waals surface area contributed by atoms with E-state index >= 15 is 0 Å². The number of rotatable bonds is 5. The van der Waals surface area contributed by atoms with Gasteiger partial charge >= 0.3 is 0 Å². The number of furan rings is 1. The molecule has 1 N–H and O–H groups in total. The molecule has 0 aliphatic carbocycles. The van der Waals surface area contributed by atoms with E-state index in [0.717, 1.165) is 20.8 Å². The number of carbonyl (C=O) groups excluding carboxylic acids is 1. The summed E-state index contributed by atoms with van der Waals surface area (Å²) in [5.74, 6) is 0.282. The first-order chi connectivity index (χ1) is 13.7. The first-order valence-electron chi connectivity index (χ1n) is 8.53. The minimum absolute atomic E-state index is 0.268. The quantitative estimate of drug-likeness (QED) is 0.326. The monoisotopic (exact) mass is 406 g/mol. The van der Waals surface area contributed by atoms with E-state index in [1.54, 1.807) is 12.1 Å². The Kier molecular flexibility index (Phi) is 5.46. The number of nitrogens with one attached hydrogen (secondary N) is 1. The Hall–Kier alpha value is -3.02. The van der Waals surface area contributed by atoms with Gasteiger partial charge in [0.25, 0.3) is 5.91 Å². The summed E-state index contributed by atoms with van der Waals surface area (Å²) in [6.07, 6.45) is 1.48. The van der Waals surface area contributed by atoms with Crippen molar-refractivity contribution in [3.63, 3.8) is 0 Å². The second-order valence-electron chi connectivity index (χ2n) is 5.94. The number of hydrogen-bond donors (Lipinski definition) is 1. The highest BCUT2D eigenvalue weighted by Gasteiger charge is 2.08. The molecule has 0 saturated carbocycles. The summed E-state index contributed by atoms with van der Waals surface area (Å²) in [7, 11) is 0. The number of benzene rings is 3. The van der Waals surface area contributed by atoms with Crippen molar-refractivity contribution in [2.24, 2.45) is 5.10 Å². The molecule has 4 aromatic rings. The molecule has 1 heterocycles. The van der Waals surface area contributed by atoms with Crippen LogP contribution in [0.1, 0.15) is 16.1 Å². The van der Waals surface area contributed by atoms with Gasteiger partial charge in [-0.2, -0.15) is 5.10 Å². The normalized spacial score (nSPS) is 11.2. The molecule has 1 aromatic heterocycles. The van der Waals surface area contributed by atoms with Gasteiger partial charge in [0, 0.05) is 15.5 Å². The molecule has 0 saturated heterocycles. The van der Waals surface area contributed by atoms with E-state index < -0.39 is 0 Å². The fraction of sp³-hybridized carbons (Fsp3) is 0. The van der Waals surface area contributed by atoms with Crippen molar-refractivity contribution in [1.29, 1.82) is 0 Å². The minimum atomic E-state index is -0.268. The van der Waals surface area contributed by atoms with Gasteiger partial charge in [-0.3, -0.25) is 4.79 Å². The van der Waals surface area contributed by atoms with Gasteiger partial charge in [-0.05, 0) is 53.2 Å². The molecule has 0 spiro atoms. The highest BCUT2D eigenvalue weighted by molar-refractivity contribution is 7.99. The van der Waals surface area contributed by atoms with Gasteiger partial charge in [0.15, 0.2) is 5.09 Å². The average molecular weight is 407 g/mol. The summed E-state index contributed by atoms with van der Waals surface area (Å²) in [6.45, 7) is 0. The zero-order valence-electron chi connectivity index (χ0n) is 14.6. The maximum atomic E-state index is 12.5. The van der Waals surface area contributed by atoms with E-state index in [0.29, 0.717) is 16.3 Å². The van der Waals surface area contributed by atoms with Crippen LogP contribution in [0.2, 0.25) is 5.02 Å². The number of halogens is 1. The van der Waals surface area contributed by atoms with Gasteiger partial charge in [0.05, 0.1) is 6.21 Å². The fourth-order valence-electron chi connectivity index (χ4n) is 2.72. The molecule has 0 unspecified atom stereocenters. The molecule has 138 valence electrons. The van der Waals surface area contributed by atoms with Crippen molar-refractivity contribution < 1.29 is 9.21 Å². The Bertz CT molecular complexity index is 1150. The molecule has 0 fully saturated rings. The molecule has 1 amide bonds. The second-order valence-corrected chi connectivity index (χ2v) is 7.45. The third-order valence-electron chi connectivity index (χ3n) is 4.03. The molecular formula is C22H15ClN2O2S. The minimum Gasteiger partial charge on any atom is -0.448 e. The first kappa shape index (κ1) is 18.3. The van der Waals surface area contributed by atoms with Crippen molar-refractivity contribution in [1.82, 2.24) is 5.43 Å². The third kappa shape index (κ3) is 4.27. The van der Waals surface area contributed by atoms with Gasteiger partial charge in [0.2, 0.25) is 0 Å². The van der Waals surface area contributed by atoms with E-state index in [9.17, 15) is 4.79 Å². The van der Waals surface area contributed by atoms with Crippen molar-refractivity contribution in [2.45, 2.75) is 9.99 Å². The van der Waals surface area contributed by atoms with Crippen LogP contribution in [0, 0.1) is 0 Å². The summed E-state index contributed by atoms with van der Waals surface area (Å²) >= 11 is 7.37. The summed E-state index contributed by atoms with van der Waals surface area (Å²) in [6, 6.07) is 24.5. The van der Waals surface area contributed by atoms with E-state index in [1.807, 2.05) is 66.7 Å². The molecule has 0 radical (unpaired) electrons. The Morgan fingerprint density at radius 2 is 1.75 bits per heavy atom. The fourth-order valence-corrected chi connectivity index (χ4v) is 3.62. The first-order valence-corrected chi connectivity index (χ1v) is 9.73. The topological polar surface area (TPSA) is 54.6 Å². The van der Waals surface area contributed by atoms with Crippen LogP contribution < -0.4 is 5.43 Å². The summed E-state index contributed by atoms with van der Waals surface area (Å²) < 4.78 is 5.70. The Labute approximate surface area is 171 Å². The van der Waals surface area contributed by atoms with Gasteiger partial charge < -0.3 is 4.42 Å². The number of hydrogen-bond acceptors (Lipinski definition) is 4. The van der Waals surface area contributed by atoms with E-state index in [4.69, 9.17) is 16.0 Å². The molecule has 28 heavy (non-hydrogen) atoms. The van der Waals surface area contributed by atoms with Crippen molar-refractivity contribution >= 4 is 46.3 Å². The Morgan fingerprint density at radius 3 is 2.61 bits per heavy atom. The molecule has 0 bridgehead atoms. The lowest BCUT2D eigenvalue weighted by Gasteiger charge is -2.04. The van der Waals surface area contributed by atoms with Crippen LogP contribution in [0.15, 0.2) is 98.4 Å². The number of fused-ring (bicyclic) bond motifs is 1. The van der Waals surface area contributed by atoms with Crippen LogP contribution >= 0.6 is 23.4 Å². The molecule has 3 aromatic carbocycles. The molecule has 0 atom stereocenters. The Balaban J connectivity index is 1.41. The predicted molar refractivity (Wildman–Crippen MR) is 113 cm³/mol. The SMILES string of the molecule is O=C(N/N=C\c1ccc(Sc2ccc(Cl)cc2)o1)c1cccc2ccccc12. The molecule has 4 nitrogen and oxygen atoms in total. The van der Waals surface area contributed by atoms with Gasteiger partial charge in [-0.1, -0.05) is 59.8 Å². The highest BCUT2D eigenvalue weighted by atomic mass is 35.5. The Morgan fingerprint density at radius 1 is 0.964 bits per heavy atom. The van der Waals surface area contributed by atoms with Gasteiger partial charge in [-0.25, -0.2) is 5.43 Å². The third-order valence-corrected chi connectivity index (χ3v) is 5.21. The molecule has 0 aliphatic heterocycles. The molecular weight excluding hydrogens is 392 g/mol. The predicted octanol–water partition coefficient (Wildman–Crippen LogP) is 6.00. The van der Waals surface area contributed by atoms with Crippen molar-refractivity contribution in [3.05, 3.63) is 95.2 Å². The largest absolute Gasteiger partial charge is 0.448 e. The van der Waals surface area contributed by atoms with E-state index in [-0.39, 0.29) is 5.91 Å². The summed E-state index contributed by atoms with van der Waals surface area (Å²) in [5.41, 5.74) is 3.13. The number of nitrogens with zero attached hydrogens (tertiary/aromatic N) is 1. The van der Waals surface area contributed by atoms with Crippen LogP contribution in [-0.4, -0.2) is 12.1 Å². The number of hydrazone groups is 1. The number of carbonyl (C=O) groups is 1. The average Bonchev–Trinajstić information content (AvgIpc) is 3.16. The maximum absolute atomic E-state index is 12.5. The van der Waals surface area contributed by atoms with Crippen molar-refractivity contribution in [3.8, 4) is 0 Å². The van der Waals surface area contributed by atoms with Crippen LogP contribution in [0.4, 0.5) is 0 Å². The number of amides is 1. The zero-order valence-corrected chi connectivity index (χ0v) is 16.2. The van der Waals surface area contributed by atoms with Crippen LogP contribution in [0.3, 0.4) is 0 Å². The highest BCUT2D eigenvalue weighted by Crippen LogP contribution is 2.29.